The van der Waals surface area contributed by atoms with E-state index in [1.165, 1.54) is 18.2 Å². The van der Waals surface area contributed by atoms with Crippen LogP contribution in [0, 0.1) is 5.92 Å². The second kappa shape index (κ2) is 5.22. The number of hydrogen-bond acceptors (Lipinski definition) is 5. The third-order valence-electron chi connectivity index (χ3n) is 2.62. The van der Waals surface area contributed by atoms with E-state index in [0.29, 0.717) is 6.54 Å². The van der Waals surface area contributed by atoms with E-state index in [-0.39, 0.29) is 21.7 Å². The van der Waals surface area contributed by atoms with Crippen LogP contribution in [0.15, 0.2) is 37.1 Å². The molecule has 0 bridgehead atoms. The molecule has 0 radical (unpaired) electrons. The Morgan fingerprint density at radius 3 is 2.65 bits per heavy atom. The van der Waals surface area contributed by atoms with Crippen molar-refractivity contribution in [2.24, 2.45) is 5.92 Å². The summed E-state index contributed by atoms with van der Waals surface area (Å²) in [6, 6.07) is 3.86. The van der Waals surface area contributed by atoms with Gasteiger partial charge in [-0.25, -0.2) is 22.7 Å². The zero-order valence-electron chi connectivity index (χ0n) is 11.0. The zero-order valence-corrected chi connectivity index (χ0v) is 11.8. The van der Waals surface area contributed by atoms with Crippen LogP contribution >= 0.6 is 0 Å². The fraction of sp³-hybridized carbons (Fsp3) is 0.333. The third kappa shape index (κ3) is 2.97. The fourth-order valence-electron chi connectivity index (χ4n) is 1.60. The predicted octanol–water partition coefficient (Wildman–Crippen LogP) is 0.416. The highest BCUT2D eigenvalue weighted by atomic mass is 32.2. The largest absolute Gasteiger partial charge is 0.419 e. The summed E-state index contributed by atoms with van der Waals surface area (Å²) in [6.07, 6.45) is 0. The smallest absolute Gasteiger partial charge is 0.372 e. The molecule has 0 fully saturated rings. The van der Waals surface area contributed by atoms with Gasteiger partial charge in [-0.3, -0.25) is 4.98 Å². The summed E-state index contributed by atoms with van der Waals surface area (Å²) in [5, 5.41) is 0.0111. The van der Waals surface area contributed by atoms with Gasteiger partial charge < -0.3 is 4.42 Å². The second-order valence-corrected chi connectivity index (χ2v) is 6.52. The molecule has 2 aromatic rings. The van der Waals surface area contributed by atoms with Crippen molar-refractivity contribution in [1.82, 2.24) is 9.71 Å². The highest BCUT2D eigenvalue weighted by Crippen LogP contribution is 2.14. The van der Waals surface area contributed by atoms with E-state index in [2.05, 4.69) is 14.1 Å². The molecule has 0 amide bonds. The van der Waals surface area contributed by atoms with Gasteiger partial charge in [0.1, 0.15) is 0 Å². The summed E-state index contributed by atoms with van der Waals surface area (Å²) >= 11 is 0. The first-order valence-corrected chi connectivity index (χ1v) is 7.45. The van der Waals surface area contributed by atoms with Crippen LogP contribution in [0.5, 0.6) is 0 Å². The van der Waals surface area contributed by atoms with Gasteiger partial charge in [0.15, 0.2) is 0 Å². The molecule has 0 spiro atoms. The van der Waals surface area contributed by atoms with Gasteiger partial charge in [0.05, 0.1) is 15.8 Å². The number of rotatable bonds is 4. The van der Waals surface area contributed by atoms with Crippen LogP contribution in [0.3, 0.4) is 0 Å². The van der Waals surface area contributed by atoms with Gasteiger partial charge in [0.25, 0.3) is 0 Å². The standard InChI is InChI=1S/C12H14N2O5S/c1-7(2)6-13-20(17,18)8-3-4-10-9(5-8)11(15)19-12(16)14-10/h3-5,7,13H,6H2,1-2H3,(H,14,16). The number of fused-ring (bicyclic) bond motifs is 1. The molecule has 0 atom stereocenters. The summed E-state index contributed by atoms with van der Waals surface area (Å²) in [6.45, 7) is 4.05. The van der Waals surface area contributed by atoms with Gasteiger partial charge in [-0.05, 0) is 24.1 Å². The van der Waals surface area contributed by atoms with Crippen LogP contribution in [0.4, 0.5) is 0 Å². The van der Waals surface area contributed by atoms with Crippen LogP contribution in [0.1, 0.15) is 13.8 Å². The van der Waals surface area contributed by atoms with E-state index < -0.39 is 21.4 Å². The summed E-state index contributed by atoms with van der Waals surface area (Å²) in [7, 11) is -3.70. The monoisotopic (exact) mass is 298 g/mol. The Morgan fingerprint density at radius 1 is 1.30 bits per heavy atom. The number of nitrogens with one attached hydrogen (secondary N) is 2. The van der Waals surface area contributed by atoms with Crippen molar-refractivity contribution in [3.8, 4) is 0 Å². The molecule has 0 saturated heterocycles. The van der Waals surface area contributed by atoms with Crippen molar-refractivity contribution in [3.05, 3.63) is 39.2 Å². The molecule has 0 aliphatic carbocycles. The lowest BCUT2D eigenvalue weighted by Gasteiger charge is -2.09. The summed E-state index contributed by atoms with van der Waals surface area (Å²) in [5.74, 6) is -0.720. The molecule has 20 heavy (non-hydrogen) atoms. The van der Waals surface area contributed by atoms with Gasteiger partial charge >= 0.3 is 11.4 Å². The number of sulfonamides is 1. The average molecular weight is 298 g/mol. The van der Waals surface area contributed by atoms with Crippen molar-refractivity contribution in [2.75, 3.05) is 6.54 Å². The Hall–Kier alpha value is -1.93. The van der Waals surface area contributed by atoms with Gasteiger partial charge in [-0.1, -0.05) is 13.8 Å². The lowest BCUT2D eigenvalue weighted by molar-refractivity contribution is 0.460. The van der Waals surface area contributed by atoms with Gasteiger partial charge in [0, 0.05) is 6.54 Å². The molecule has 0 aliphatic heterocycles. The zero-order chi connectivity index (χ0) is 14.9. The van der Waals surface area contributed by atoms with Gasteiger partial charge in [-0.2, -0.15) is 0 Å². The quantitative estimate of drug-likeness (QED) is 0.850. The lowest BCUT2D eigenvalue weighted by atomic mass is 10.2. The Bertz CT molecular complexity index is 848. The highest BCUT2D eigenvalue weighted by molar-refractivity contribution is 7.89. The lowest BCUT2D eigenvalue weighted by Crippen LogP contribution is -2.27. The fourth-order valence-corrected chi connectivity index (χ4v) is 2.84. The van der Waals surface area contributed by atoms with Crippen LogP contribution < -0.4 is 16.1 Å². The molecule has 0 saturated carbocycles. The van der Waals surface area contributed by atoms with E-state index in [1.807, 2.05) is 13.8 Å². The highest BCUT2D eigenvalue weighted by Gasteiger charge is 2.16. The summed E-state index contributed by atoms with van der Waals surface area (Å²) in [4.78, 5) is 24.8. The maximum absolute atomic E-state index is 12.0. The summed E-state index contributed by atoms with van der Waals surface area (Å²) in [5.41, 5.74) is -0.640. The maximum atomic E-state index is 12.0. The summed E-state index contributed by atoms with van der Waals surface area (Å²) < 4.78 is 30.9. The minimum absolute atomic E-state index is 0.0111. The predicted molar refractivity (Wildman–Crippen MR) is 73.1 cm³/mol. The van der Waals surface area contributed by atoms with Crippen LogP contribution in [0.2, 0.25) is 0 Å². The van der Waals surface area contributed by atoms with Crippen LogP contribution in [-0.4, -0.2) is 19.9 Å². The Kier molecular flexibility index (Phi) is 3.78. The third-order valence-corrected chi connectivity index (χ3v) is 4.05. The van der Waals surface area contributed by atoms with E-state index in [1.54, 1.807) is 0 Å². The van der Waals surface area contributed by atoms with E-state index >= 15 is 0 Å². The van der Waals surface area contributed by atoms with Gasteiger partial charge in [0.2, 0.25) is 10.0 Å². The molecule has 1 aromatic heterocycles. The number of aromatic nitrogens is 1. The van der Waals surface area contributed by atoms with E-state index in [4.69, 9.17) is 0 Å². The molecular formula is C12H14N2O5S. The second-order valence-electron chi connectivity index (χ2n) is 4.76. The normalized spacial score (nSPS) is 12.2. The minimum atomic E-state index is -3.70. The molecule has 108 valence electrons. The molecule has 7 nitrogen and oxygen atoms in total. The molecule has 0 aliphatic rings. The van der Waals surface area contributed by atoms with Crippen molar-refractivity contribution < 1.29 is 12.8 Å². The SMILES string of the molecule is CC(C)CNS(=O)(=O)c1ccc2[nH]c(=O)oc(=O)c2c1. The first kappa shape index (κ1) is 14.5. The van der Waals surface area contributed by atoms with E-state index in [0.717, 1.165) is 0 Å². The van der Waals surface area contributed by atoms with Gasteiger partial charge in [-0.15, -0.1) is 0 Å². The molecule has 8 heteroatoms. The van der Waals surface area contributed by atoms with Crippen molar-refractivity contribution in [2.45, 2.75) is 18.7 Å². The first-order valence-electron chi connectivity index (χ1n) is 5.96. The van der Waals surface area contributed by atoms with E-state index in [9.17, 15) is 18.0 Å². The Labute approximate surface area is 114 Å². The topological polar surface area (TPSA) is 109 Å². The number of benzene rings is 1. The first-order chi connectivity index (χ1) is 9.29. The van der Waals surface area contributed by atoms with Crippen molar-refractivity contribution in [3.63, 3.8) is 0 Å². The van der Waals surface area contributed by atoms with Crippen LogP contribution in [-0.2, 0) is 10.0 Å². The number of H-pyrrole nitrogens is 1. The molecule has 1 aromatic carbocycles. The molecule has 2 rings (SSSR count). The molecule has 2 N–H and O–H groups in total. The average Bonchev–Trinajstić information content (AvgIpc) is 2.36. The number of hydrogen-bond donors (Lipinski definition) is 2. The molecule has 1 heterocycles. The Balaban J connectivity index is 2.52. The maximum Gasteiger partial charge on any atom is 0.419 e. The molecular weight excluding hydrogens is 284 g/mol. The van der Waals surface area contributed by atoms with Crippen molar-refractivity contribution in [1.29, 1.82) is 0 Å². The minimum Gasteiger partial charge on any atom is -0.372 e. The van der Waals surface area contributed by atoms with Crippen LogP contribution in [0.25, 0.3) is 10.9 Å². The molecule has 0 unspecified atom stereocenters. The van der Waals surface area contributed by atoms with Crippen molar-refractivity contribution >= 4 is 20.9 Å². The number of aromatic amines is 1. The Morgan fingerprint density at radius 2 is 2.00 bits per heavy atom.